The topological polar surface area (TPSA) is 24.9 Å². The molecule has 0 radical (unpaired) electrons. The molecule has 1 heterocycles. The number of pyridine rings is 1. The third-order valence-electron chi connectivity index (χ3n) is 3.05. The van der Waals surface area contributed by atoms with Crippen molar-refractivity contribution in [2.45, 2.75) is 45.6 Å². The molecule has 1 N–H and O–H groups in total. The van der Waals surface area contributed by atoms with E-state index in [1.165, 1.54) is 25.7 Å². The molecule has 2 heteroatoms. The van der Waals surface area contributed by atoms with Gasteiger partial charge in [0.15, 0.2) is 0 Å². The third-order valence-corrected chi connectivity index (χ3v) is 3.05. The molecule has 1 fully saturated rings. The van der Waals surface area contributed by atoms with Crippen LogP contribution in [-0.2, 0) is 0 Å². The highest BCUT2D eigenvalue weighted by Crippen LogP contribution is 2.34. The first-order chi connectivity index (χ1) is 7.28. The molecule has 0 spiro atoms. The first-order valence-corrected chi connectivity index (χ1v) is 5.98. The fraction of sp³-hybridized carbons (Fsp3) is 0.615. The Bertz CT molecular complexity index is 318. The maximum absolute atomic E-state index is 4.48. The predicted molar refractivity (Wildman–Crippen MR) is 64.0 cm³/mol. The summed E-state index contributed by atoms with van der Waals surface area (Å²) in [5, 5.41) is 3.53. The van der Waals surface area contributed by atoms with E-state index in [0.717, 1.165) is 17.4 Å². The zero-order chi connectivity index (χ0) is 10.7. The zero-order valence-corrected chi connectivity index (χ0v) is 9.66. The van der Waals surface area contributed by atoms with E-state index in [1.54, 1.807) is 0 Å². The second-order valence-corrected chi connectivity index (χ2v) is 4.59. The van der Waals surface area contributed by atoms with Crippen LogP contribution < -0.4 is 5.32 Å². The highest BCUT2D eigenvalue weighted by molar-refractivity contribution is 5.36. The average Bonchev–Trinajstić information content (AvgIpc) is 3.01. The summed E-state index contributed by atoms with van der Waals surface area (Å²) in [5.41, 5.74) is 1.08. The van der Waals surface area contributed by atoms with Gasteiger partial charge in [0.2, 0.25) is 0 Å². The fourth-order valence-corrected chi connectivity index (χ4v) is 1.92. The van der Waals surface area contributed by atoms with Crippen LogP contribution in [0.2, 0.25) is 0 Å². The number of anilines is 1. The highest BCUT2D eigenvalue weighted by atomic mass is 15.0. The summed E-state index contributed by atoms with van der Waals surface area (Å²) in [4.78, 5) is 4.48. The van der Waals surface area contributed by atoms with Crippen molar-refractivity contribution in [3.8, 4) is 0 Å². The van der Waals surface area contributed by atoms with Crippen molar-refractivity contribution in [3.05, 3.63) is 23.9 Å². The van der Waals surface area contributed by atoms with Gasteiger partial charge >= 0.3 is 0 Å². The van der Waals surface area contributed by atoms with E-state index in [0.29, 0.717) is 6.04 Å². The Morgan fingerprint density at radius 3 is 2.87 bits per heavy atom. The number of rotatable bonds is 5. The molecule has 15 heavy (non-hydrogen) atoms. The molecule has 1 aliphatic rings. The lowest BCUT2D eigenvalue weighted by molar-refractivity contribution is 0.585. The molecular weight excluding hydrogens is 184 g/mol. The number of hydrogen-bond acceptors (Lipinski definition) is 2. The van der Waals surface area contributed by atoms with Crippen molar-refractivity contribution < 1.29 is 0 Å². The standard InChI is InChI=1S/C13H20N2/c1-3-12(9-11-7-8-11)15-13-6-4-5-10(2)14-13/h4-6,11-12H,3,7-9H2,1-2H3,(H,14,15). The molecule has 2 nitrogen and oxygen atoms in total. The minimum absolute atomic E-state index is 0.604. The second-order valence-electron chi connectivity index (χ2n) is 4.59. The van der Waals surface area contributed by atoms with Gasteiger partial charge in [-0.25, -0.2) is 4.98 Å². The Labute approximate surface area is 92.1 Å². The predicted octanol–water partition coefficient (Wildman–Crippen LogP) is 3.38. The maximum atomic E-state index is 4.48. The lowest BCUT2D eigenvalue weighted by Gasteiger charge is -2.17. The van der Waals surface area contributed by atoms with Crippen molar-refractivity contribution in [1.29, 1.82) is 0 Å². The minimum Gasteiger partial charge on any atom is -0.367 e. The van der Waals surface area contributed by atoms with Gasteiger partial charge in [-0.3, -0.25) is 0 Å². The van der Waals surface area contributed by atoms with Crippen molar-refractivity contribution >= 4 is 5.82 Å². The molecular formula is C13H20N2. The van der Waals surface area contributed by atoms with E-state index in [9.17, 15) is 0 Å². The van der Waals surface area contributed by atoms with Crippen molar-refractivity contribution in [2.24, 2.45) is 5.92 Å². The van der Waals surface area contributed by atoms with Crippen molar-refractivity contribution in [2.75, 3.05) is 5.32 Å². The summed E-state index contributed by atoms with van der Waals surface area (Å²) >= 11 is 0. The lowest BCUT2D eigenvalue weighted by atomic mass is 10.1. The molecule has 1 atom stereocenters. The molecule has 1 aliphatic carbocycles. The van der Waals surface area contributed by atoms with E-state index in [4.69, 9.17) is 0 Å². The monoisotopic (exact) mass is 204 g/mol. The number of hydrogen-bond donors (Lipinski definition) is 1. The van der Waals surface area contributed by atoms with Gasteiger partial charge in [-0.05, 0) is 37.8 Å². The SMILES string of the molecule is CCC(CC1CC1)Nc1cccc(C)n1. The number of aromatic nitrogens is 1. The Morgan fingerprint density at radius 2 is 2.27 bits per heavy atom. The van der Waals surface area contributed by atoms with Gasteiger partial charge in [0.1, 0.15) is 5.82 Å². The number of nitrogens with zero attached hydrogens (tertiary/aromatic N) is 1. The average molecular weight is 204 g/mol. The molecule has 2 rings (SSSR count). The first kappa shape index (κ1) is 10.5. The van der Waals surface area contributed by atoms with E-state index >= 15 is 0 Å². The van der Waals surface area contributed by atoms with Crippen LogP contribution in [0, 0.1) is 12.8 Å². The van der Waals surface area contributed by atoms with Crippen LogP contribution in [0.1, 0.15) is 38.3 Å². The molecule has 1 saturated carbocycles. The van der Waals surface area contributed by atoms with Crippen LogP contribution in [-0.4, -0.2) is 11.0 Å². The zero-order valence-electron chi connectivity index (χ0n) is 9.66. The van der Waals surface area contributed by atoms with Gasteiger partial charge < -0.3 is 5.32 Å². The van der Waals surface area contributed by atoms with Crippen LogP contribution in [0.5, 0.6) is 0 Å². The smallest absolute Gasteiger partial charge is 0.126 e. The molecule has 1 aromatic rings. The van der Waals surface area contributed by atoms with Gasteiger partial charge in [0.05, 0.1) is 0 Å². The Kier molecular flexibility index (Phi) is 3.24. The third kappa shape index (κ3) is 3.22. The van der Waals surface area contributed by atoms with Gasteiger partial charge in [-0.15, -0.1) is 0 Å². The number of nitrogens with one attached hydrogen (secondary N) is 1. The molecule has 0 saturated heterocycles. The van der Waals surface area contributed by atoms with Gasteiger partial charge in [0, 0.05) is 11.7 Å². The maximum Gasteiger partial charge on any atom is 0.126 e. The Hall–Kier alpha value is -1.05. The first-order valence-electron chi connectivity index (χ1n) is 5.98. The minimum atomic E-state index is 0.604. The van der Waals surface area contributed by atoms with Crippen molar-refractivity contribution in [3.63, 3.8) is 0 Å². The summed E-state index contributed by atoms with van der Waals surface area (Å²) in [6, 6.07) is 6.76. The van der Waals surface area contributed by atoms with E-state index in [-0.39, 0.29) is 0 Å². The molecule has 0 amide bonds. The molecule has 1 unspecified atom stereocenters. The van der Waals surface area contributed by atoms with Crippen LogP contribution in [0.25, 0.3) is 0 Å². The van der Waals surface area contributed by atoms with Gasteiger partial charge in [0.25, 0.3) is 0 Å². The molecule has 0 aromatic carbocycles. The summed E-state index contributed by atoms with van der Waals surface area (Å²) in [5.74, 6) is 2.01. The summed E-state index contributed by atoms with van der Waals surface area (Å²) < 4.78 is 0. The van der Waals surface area contributed by atoms with Crippen molar-refractivity contribution in [1.82, 2.24) is 4.98 Å². The fourth-order valence-electron chi connectivity index (χ4n) is 1.92. The quantitative estimate of drug-likeness (QED) is 0.795. The summed E-state index contributed by atoms with van der Waals surface area (Å²) in [6.07, 6.45) is 5.36. The van der Waals surface area contributed by atoms with Gasteiger partial charge in [-0.1, -0.05) is 25.8 Å². The summed E-state index contributed by atoms with van der Waals surface area (Å²) in [7, 11) is 0. The van der Waals surface area contributed by atoms with E-state index in [2.05, 4.69) is 29.4 Å². The Morgan fingerprint density at radius 1 is 1.47 bits per heavy atom. The summed E-state index contributed by atoms with van der Waals surface area (Å²) in [6.45, 7) is 4.28. The molecule has 1 aromatic heterocycles. The molecule has 0 aliphatic heterocycles. The highest BCUT2D eigenvalue weighted by Gasteiger charge is 2.24. The Balaban J connectivity index is 1.92. The van der Waals surface area contributed by atoms with Crippen LogP contribution >= 0.6 is 0 Å². The molecule has 0 bridgehead atoms. The van der Waals surface area contributed by atoms with Crippen LogP contribution in [0.15, 0.2) is 18.2 Å². The van der Waals surface area contributed by atoms with Gasteiger partial charge in [-0.2, -0.15) is 0 Å². The van der Waals surface area contributed by atoms with E-state index < -0.39 is 0 Å². The number of aryl methyl sites for hydroxylation is 1. The van der Waals surface area contributed by atoms with Crippen LogP contribution in [0.4, 0.5) is 5.82 Å². The largest absolute Gasteiger partial charge is 0.367 e. The second kappa shape index (κ2) is 4.65. The normalized spacial score (nSPS) is 17.5. The lowest BCUT2D eigenvalue weighted by Crippen LogP contribution is -2.19. The van der Waals surface area contributed by atoms with E-state index in [1.807, 2.05) is 13.0 Å². The molecule has 82 valence electrons. The van der Waals surface area contributed by atoms with Crippen LogP contribution in [0.3, 0.4) is 0 Å².